The van der Waals surface area contributed by atoms with Gasteiger partial charge in [-0.05, 0) is 51.0 Å². The lowest BCUT2D eigenvalue weighted by Gasteiger charge is -2.18. The zero-order valence-electron chi connectivity index (χ0n) is 12.3. The lowest BCUT2D eigenvalue weighted by atomic mass is 10.1. The Kier molecular flexibility index (Phi) is 5.55. The number of hydrogen-bond acceptors (Lipinski definition) is 3. The molecule has 5 nitrogen and oxygen atoms in total. The molecular weight excluding hydrogens is 258 g/mol. The van der Waals surface area contributed by atoms with Crippen molar-refractivity contribution in [2.24, 2.45) is 0 Å². The Morgan fingerprint density at radius 2 is 2.00 bits per heavy atom. The second kappa shape index (κ2) is 6.93. The summed E-state index contributed by atoms with van der Waals surface area (Å²) < 4.78 is 5.53. The van der Waals surface area contributed by atoms with Gasteiger partial charge in [0.1, 0.15) is 5.75 Å². The van der Waals surface area contributed by atoms with Crippen LogP contribution in [0.25, 0.3) is 0 Å². The molecule has 0 aliphatic heterocycles. The average Bonchev–Trinajstić information content (AvgIpc) is 2.37. The number of carboxylic acid groups (broad SMARTS) is 1. The van der Waals surface area contributed by atoms with Gasteiger partial charge in [-0.1, -0.05) is 6.92 Å². The summed E-state index contributed by atoms with van der Waals surface area (Å²) >= 11 is 0. The van der Waals surface area contributed by atoms with Crippen molar-refractivity contribution >= 4 is 11.9 Å². The molecule has 0 radical (unpaired) electrons. The van der Waals surface area contributed by atoms with Crippen LogP contribution in [-0.4, -0.2) is 29.1 Å². The molecule has 1 aromatic rings. The number of ether oxygens (including phenoxy) is 1. The van der Waals surface area contributed by atoms with Crippen LogP contribution < -0.4 is 10.1 Å². The number of carboxylic acids is 1. The van der Waals surface area contributed by atoms with Crippen LogP contribution in [0.15, 0.2) is 18.2 Å². The molecule has 1 rings (SSSR count). The van der Waals surface area contributed by atoms with E-state index in [1.54, 1.807) is 26.0 Å². The second-order valence-electron chi connectivity index (χ2n) is 4.86. The van der Waals surface area contributed by atoms with Crippen molar-refractivity contribution in [2.45, 2.75) is 46.3 Å². The number of aromatic carboxylic acids is 1. The van der Waals surface area contributed by atoms with Gasteiger partial charge in [0.15, 0.2) is 6.10 Å². The van der Waals surface area contributed by atoms with E-state index >= 15 is 0 Å². The van der Waals surface area contributed by atoms with E-state index in [0.717, 1.165) is 6.42 Å². The van der Waals surface area contributed by atoms with Gasteiger partial charge in [0.25, 0.3) is 5.91 Å². The van der Waals surface area contributed by atoms with Crippen molar-refractivity contribution in [2.75, 3.05) is 0 Å². The predicted octanol–water partition coefficient (Wildman–Crippen LogP) is 2.38. The van der Waals surface area contributed by atoms with Crippen LogP contribution in [0.3, 0.4) is 0 Å². The van der Waals surface area contributed by atoms with Crippen molar-refractivity contribution in [3.8, 4) is 5.75 Å². The van der Waals surface area contributed by atoms with E-state index in [9.17, 15) is 9.59 Å². The molecule has 2 N–H and O–H groups in total. The molecule has 2 atom stereocenters. The lowest BCUT2D eigenvalue weighted by Crippen LogP contribution is -2.40. The smallest absolute Gasteiger partial charge is 0.335 e. The molecule has 0 aliphatic carbocycles. The SMILES string of the molecule is CCC(C)NC(=O)C(C)Oc1ccc(C(=O)O)c(C)c1. The Balaban J connectivity index is 2.71. The average molecular weight is 279 g/mol. The fourth-order valence-electron chi connectivity index (χ4n) is 1.67. The van der Waals surface area contributed by atoms with Crippen LogP contribution in [0.2, 0.25) is 0 Å². The lowest BCUT2D eigenvalue weighted by molar-refractivity contribution is -0.127. The van der Waals surface area contributed by atoms with Gasteiger partial charge in [-0.3, -0.25) is 4.79 Å². The quantitative estimate of drug-likeness (QED) is 0.838. The molecule has 0 bridgehead atoms. The second-order valence-corrected chi connectivity index (χ2v) is 4.86. The van der Waals surface area contributed by atoms with Crippen molar-refractivity contribution in [1.82, 2.24) is 5.32 Å². The van der Waals surface area contributed by atoms with Crippen LogP contribution in [0.5, 0.6) is 5.75 Å². The number of carbonyl (C=O) groups is 2. The fraction of sp³-hybridized carbons (Fsp3) is 0.467. The molecule has 1 amide bonds. The van der Waals surface area contributed by atoms with Crippen LogP contribution in [0.1, 0.15) is 43.1 Å². The summed E-state index contributed by atoms with van der Waals surface area (Å²) in [6.07, 6.45) is 0.226. The van der Waals surface area contributed by atoms with Crippen molar-refractivity contribution in [3.63, 3.8) is 0 Å². The first-order chi connectivity index (χ1) is 9.35. The maximum Gasteiger partial charge on any atom is 0.335 e. The monoisotopic (exact) mass is 279 g/mol. The van der Waals surface area contributed by atoms with Gasteiger partial charge in [-0.25, -0.2) is 4.79 Å². The van der Waals surface area contributed by atoms with Crippen molar-refractivity contribution in [1.29, 1.82) is 0 Å². The third kappa shape index (κ3) is 4.26. The number of nitrogens with one attached hydrogen (secondary N) is 1. The third-order valence-electron chi connectivity index (χ3n) is 3.11. The van der Waals surface area contributed by atoms with Gasteiger partial charge in [-0.15, -0.1) is 0 Å². The van der Waals surface area contributed by atoms with Gasteiger partial charge in [0.05, 0.1) is 5.56 Å². The Morgan fingerprint density at radius 3 is 2.50 bits per heavy atom. The number of hydrogen-bond donors (Lipinski definition) is 2. The number of rotatable bonds is 6. The molecule has 20 heavy (non-hydrogen) atoms. The third-order valence-corrected chi connectivity index (χ3v) is 3.11. The molecular formula is C15H21NO4. The minimum Gasteiger partial charge on any atom is -0.481 e. The van der Waals surface area contributed by atoms with Crippen LogP contribution in [-0.2, 0) is 4.79 Å². The number of carbonyl (C=O) groups excluding carboxylic acids is 1. The van der Waals surface area contributed by atoms with Gasteiger partial charge >= 0.3 is 5.97 Å². The molecule has 0 heterocycles. The van der Waals surface area contributed by atoms with E-state index in [2.05, 4.69) is 5.32 Å². The maximum absolute atomic E-state index is 11.8. The fourth-order valence-corrected chi connectivity index (χ4v) is 1.67. The highest BCUT2D eigenvalue weighted by molar-refractivity contribution is 5.89. The first-order valence-corrected chi connectivity index (χ1v) is 6.66. The van der Waals surface area contributed by atoms with Crippen LogP contribution in [0.4, 0.5) is 0 Å². The first kappa shape index (κ1) is 16.0. The van der Waals surface area contributed by atoms with E-state index in [0.29, 0.717) is 11.3 Å². The highest BCUT2D eigenvalue weighted by Gasteiger charge is 2.17. The minimum atomic E-state index is -0.975. The Bertz CT molecular complexity index is 499. The molecule has 0 aromatic heterocycles. The summed E-state index contributed by atoms with van der Waals surface area (Å²) in [4.78, 5) is 22.8. The Labute approximate surface area is 118 Å². The zero-order valence-corrected chi connectivity index (χ0v) is 12.3. The normalized spacial score (nSPS) is 13.4. The summed E-state index contributed by atoms with van der Waals surface area (Å²) in [5.74, 6) is -0.671. The predicted molar refractivity (Wildman–Crippen MR) is 76.1 cm³/mol. The first-order valence-electron chi connectivity index (χ1n) is 6.66. The molecule has 2 unspecified atom stereocenters. The molecule has 0 fully saturated rings. The summed E-state index contributed by atoms with van der Waals surface area (Å²) in [6.45, 7) is 7.28. The molecule has 0 spiro atoms. The highest BCUT2D eigenvalue weighted by atomic mass is 16.5. The standard InChI is InChI=1S/C15H21NO4/c1-5-10(3)16-14(17)11(4)20-12-6-7-13(15(18)19)9(2)8-12/h6-8,10-11H,5H2,1-4H3,(H,16,17)(H,18,19). The molecule has 0 aliphatic rings. The molecule has 5 heteroatoms. The number of aryl methyl sites for hydroxylation is 1. The maximum atomic E-state index is 11.8. The number of benzene rings is 1. The summed E-state index contributed by atoms with van der Waals surface area (Å²) in [6, 6.07) is 4.76. The van der Waals surface area contributed by atoms with Crippen molar-refractivity contribution in [3.05, 3.63) is 29.3 Å². The molecule has 0 saturated carbocycles. The van der Waals surface area contributed by atoms with E-state index in [1.165, 1.54) is 6.07 Å². The van der Waals surface area contributed by atoms with Gasteiger partial charge < -0.3 is 15.2 Å². The van der Waals surface area contributed by atoms with E-state index in [4.69, 9.17) is 9.84 Å². The van der Waals surface area contributed by atoms with Gasteiger partial charge in [0.2, 0.25) is 0 Å². The van der Waals surface area contributed by atoms with E-state index < -0.39 is 12.1 Å². The highest BCUT2D eigenvalue weighted by Crippen LogP contribution is 2.18. The van der Waals surface area contributed by atoms with Gasteiger partial charge in [-0.2, -0.15) is 0 Å². The summed E-state index contributed by atoms with van der Waals surface area (Å²) in [7, 11) is 0. The van der Waals surface area contributed by atoms with Crippen molar-refractivity contribution < 1.29 is 19.4 Å². The van der Waals surface area contributed by atoms with Crippen LogP contribution in [0, 0.1) is 6.92 Å². The van der Waals surface area contributed by atoms with E-state index in [1.807, 2.05) is 13.8 Å². The topological polar surface area (TPSA) is 75.6 Å². The summed E-state index contributed by atoms with van der Waals surface area (Å²) in [5.41, 5.74) is 0.832. The molecule has 0 saturated heterocycles. The zero-order chi connectivity index (χ0) is 15.3. The molecule has 1 aromatic carbocycles. The minimum absolute atomic E-state index is 0.102. The van der Waals surface area contributed by atoms with Crippen LogP contribution >= 0.6 is 0 Å². The van der Waals surface area contributed by atoms with E-state index in [-0.39, 0.29) is 17.5 Å². The largest absolute Gasteiger partial charge is 0.481 e. The number of amides is 1. The van der Waals surface area contributed by atoms with Gasteiger partial charge in [0, 0.05) is 6.04 Å². The Morgan fingerprint density at radius 1 is 1.35 bits per heavy atom. The Hall–Kier alpha value is -2.04. The summed E-state index contributed by atoms with van der Waals surface area (Å²) in [5, 5.41) is 11.8. The molecule has 110 valence electrons.